The van der Waals surface area contributed by atoms with Crippen LogP contribution in [0, 0.1) is 6.92 Å². The molecule has 63 valence electrons. The Morgan fingerprint density at radius 3 is 2.45 bits per heavy atom. The van der Waals surface area contributed by atoms with Crippen molar-refractivity contribution in [3.63, 3.8) is 0 Å². The van der Waals surface area contributed by atoms with Gasteiger partial charge in [-0.2, -0.15) is 0 Å². The standard InChI is InChI=1S/C10H16Cl/c1-9(2)5-4-6-10(3)7-8-11/h5,7H,1,4,6,8H2,2-3H3/b9-5+,10-7+. The minimum atomic E-state index is 0.624. The molecular weight excluding hydrogens is 156 g/mol. The summed E-state index contributed by atoms with van der Waals surface area (Å²) in [5.74, 6) is 0.624. The van der Waals surface area contributed by atoms with Crippen LogP contribution in [0.25, 0.3) is 0 Å². The highest BCUT2D eigenvalue weighted by molar-refractivity contribution is 6.18. The van der Waals surface area contributed by atoms with E-state index in [1.165, 1.54) is 5.57 Å². The lowest BCUT2D eigenvalue weighted by Gasteiger charge is -1.96. The Morgan fingerprint density at radius 2 is 2.00 bits per heavy atom. The molecule has 0 aliphatic carbocycles. The van der Waals surface area contributed by atoms with Crippen LogP contribution >= 0.6 is 11.6 Å². The van der Waals surface area contributed by atoms with E-state index >= 15 is 0 Å². The molecule has 0 aromatic rings. The lowest BCUT2D eigenvalue weighted by molar-refractivity contribution is 0.968. The largest absolute Gasteiger partial charge is 0.122 e. The zero-order chi connectivity index (χ0) is 8.69. The predicted octanol–water partition coefficient (Wildman–Crippen LogP) is 3.73. The molecule has 0 aromatic carbocycles. The molecule has 0 aromatic heterocycles. The summed E-state index contributed by atoms with van der Waals surface area (Å²) < 4.78 is 0. The van der Waals surface area contributed by atoms with Crippen molar-refractivity contribution in [2.45, 2.75) is 26.7 Å². The molecule has 0 bridgehead atoms. The summed E-state index contributed by atoms with van der Waals surface area (Å²) >= 11 is 5.53. The van der Waals surface area contributed by atoms with Gasteiger partial charge in [0.2, 0.25) is 0 Å². The monoisotopic (exact) mass is 171 g/mol. The minimum Gasteiger partial charge on any atom is -0.122 e. The Bertz CT molecular complexity index is 150. The van der Waals surface area contributed by atoms with Crippen molar-refractivity contribution in [3.05, 3.63) is 30.2 Å². The SMILES string of the molecule is [CH2]/C(C)=C\CC/C(C)=C/CCl. The zero-order valence-electron chi connectivity index (χ0n) is 7.36. The predicted molar refractivity (Wildman–Crippen MR) is 52.8 cm³/mol. The highest BCUT2D eigenvalue weighted by Crippen LogP contribution is 2.06. The molecule has 0 heterocycles. The number of alkyl halides is 1. The van der Waals surface area contributed by atoms with E-state index < -0.39 is 0 Å². The third-order valence-corrected chi connectivity index (χ3v) is 1.61. The molecule has 0 unspecified atom stereocenters. The Morgan fingerprint density at radius 1 is 1.36 bits per heavy atom. The molecule has 0 rings (SSSR count). The van der Waals surface area contributed by atoms with Gasteiger partial charge in [0, 0.05) is 5.88 Å². The van der Waals surface area contributed by atoms with Crippen molar-refractivity contribution < 1.29 is 0 Å². The highest BCUT2D eigenvalue weighted by Gasteiger charge is 1.86. The van der Waals surface area contributed by atoms with Crippen molar-refractivity contribution in [1.29, 1.82) is 0 Å². The number of rotatable bonds is 4. The fourth-order valence-electron chi connectivity index (χ4n) is 0.780. The lowest BCUT2D eigenvalue weighted by Crippen LogP contribution is -1.77. The van der Waals surface area contributed by atoms with Crippen LogP contribution in [0.5, 0.6) is 0 Å². The Balaban J connectivity index is 3.54. The van der Waals surface area contributed by atoms with Gasteiger partial charge >= 0.3 is 0 Å². The van der Waals surface area contributed by atoms with Gasteiger partial charge in [0.15, 0.2) is 0 Å². The van der Waals surface area contributed by atoms with Crippen molar-refractivity contribution >= 4 is 11.6 Å². The van der Waals surface area contributed by atoms with Gasteiger partial charge in [-0.05, 0) is 33.6 Å². The minimum absolute atomic E-state index is 0.624. The van der Waals surface area contributed by atoms with Gasteiger partial charge in [-0.25, -0.2) is 0 Å². The molecule has 11 heavy (non-hydrogen) atoms. The maximum Gasteiger partial charge on any atom is 0.0406 e. The molecule has 0 aliphatic rings. The molecule has 1 heteroatoms. The molecule has 0 nitrogen and oxygen atoms in total. The van der Waals surface area contributed by atoms with Gasteiger partial charge < -0.3 is 0 Å². The number of hydrogen-bond acceptors (Lipinski definition) is 0. The third kappa shape index (κ3) is 7.67. The number of hydrogen-bond donors (Lipinski definition) is 0. The van der Waals surface area contributed by atoms with Crippen LogP contribution in [-0.2, 0) is 0 Å². The summed E-state index contributed by atoms with van der Waals surface area (Å²) in [4.78, 5) is 0. The smallest absolute Gasteiger partial charge is 0.0406 e. The summed E-state index contributed by atoms with van der Waals surface area (Å²) in [7, 11) is 0. The molecule has 1 radical (unpaired) electrons. The summed E-state index contributed by atoms with van der Waals surface area (Å²) in [5, 5.41) is 0. The van der Waals surface area contributed by atoms with Gasteiger partial charge in [0.05, 0.1) is 0 Å². The van der Waals surface area contributed by atoms with E-state index in [0.717, 1.165) is 18.4 Å². The molecule has 0 N–H and O–H groups in total. The van der Waals surface area contributed by atoms with E-state index in [2.05, 4.69) is 19.9 Å². The van der Waals surface area contributed by atoms with Crippen LogP contribution in [0.4, 0.5) is 0 Å². The van der Waals surface area contributed by atoms with Gasteiger partial charge in [-0.3, -0.25) is 0 Å². The maximum atomic E-state index is 5.53. The molecule has 0 saturated carbocycles. The van der Waals surface area contributed by atoms with Crippen molar-refractivity contribution in [1.82, 2.24) is 0 Å². The molecule has 0 atom stereocenters. The average molecular weight is 172 g/mol. The average Bonchev–Trinajstić information content (AvgIpc) is 1.87. The fraction of sp³-hybridized carbons (Fsp3) is 0.500. The normalized spacial score (nSPS) is 13.8. The van der Waals surface area contributed by atoms with Gasteiger partial charge in [-0.15, -0.1) is 11.6 Å². The van der Waals surface area contributed by atoms with E-state index in [1.807, 2.05) is 13.0 Å². The molecule has 0 fully saturated rings. The fourth-order valence-corrected chi connectivity index (χ4v) is 1.04. The topological polar surface area (TPSA) is 0 Å². The van der Waals surface area contributed by atoms with Crippen LogP contribution in [0.3, 0.4) is 0 Å². The van der Waals surface area contributed by atoms with Crippen molar-refractivity contribution in [2.24, 2.45) is 0 Å². The molecule has 0 aliphatic heterocycles. The van der Waals surface area contributed by atoms with E-state index in [9.17, 15) is 0 Å². The Hall–Kier alpha value is -0.230. The second-order valence-electron chi connectivity index (χ2n) is 2.79. The first-order chi connectivity index (χ1) is 5.16. The first-order valence-electron chi connectivity index (χ1n) is 3.87. The van der Waals surface area contributed by atoms with E-state index in [4.69, 9.17) is 11.6 Å². The van der Waals surface area contributed by atoms with Gasteiger partial charge in [0.1, 0.15) is 0 Å². The second kappa shape index (κ2) is 6.48. The molecular formula is C10H16Cl. The molecule has 0 saturated heterocycles. The molecule has 0 amide bonds. The summed E-state index contributed by atoms with van der Waals surface area (Å²) in [6.45, 7) is 7.92. The van der Waals surface area contributed by atoms with E-state index in [-0.39, 0.29) is 0 Å². The second-order valence-corrected chi connectivity index (χ2v) is 3.10. The van der Waals surface area contributed by atoms with Crippen LogP contribution in [0.1, 0.15) is 26.7 Å². The lowest BCUT2D eigenvalue weighted by atomic mass is 10.1. The van der Waals surface area contributed by atoms with Crippen LogP contribution < -0.4 is 0 Å². The number of allylic oxidation sites excluding steroid dienone is 4. The molecule has 0 spiro atoms. The van der Waals surface area contributed by atoms with E-state index in [0.29, 0.717) is 5.88 Å². The Labute approximate surface area is 74.9 Å². The van der Waals surface area contributed by atoms with E-state index in [1.54, 1.807) is 0 Å². The summed E-state index contributed by atoms with van der Waals surface area (Å²) in [6, 6.07) is 0. The van der Waals surface area contributed by atoms with Crippen LogP contribution in [-0.4, -0.2) is 5.88 Å². The summed E-state index contributed by atoms with van der Waals surface area (Å²) in [5.41, 5.74) is 2.50. The first kappa shape index (κ1) is 10.8. The highest BCUT2D eigenvalue weighted by atomic mass is 35.5. The quantitative estimate of drug-likeness (QED) is 0.447. The number of halogens is 1. The zero-order valence-corrected chi connectivity index (χ0v) is 8.12. The van der Waals surface area contributed by atoms with Crippen molar-refractivity contribution in [3.8, 4) is 0 Å². The first-order valence-corrected chi connectivity index (χ1v) is 4.40. The van der Waals surface area contributed by atoms with Gasteiger partial charge in [0.25, 0.3) is 0 Å². The Kier molecular flexibility index (Phi) is 6.34. The third-order valence-electron chi connectivity index (χ3n) is 1.46. The van der Waals surface area contributed by atoms with Crippen LogP contribution in [0.15, 0.2) is 23.3 Å². The maximum absolute atomic E-state index is 5.53. The summed E-state index contributed by atoms with van der Waals surface area (Å²) in [6.07, 6.45) is 6.37. The van der Waals surface area contributed by atoms with Gasteiger partial charge in [-0.1, -0.05) is 23.3 Å². The van der Waals surface area contributed by atoms with Crippen LogP contribution in [0.2, 0.25) is 0 Å². The van der Waals surface area contributed by atoms with Crippen molar-refractivity contribution in [2.75, 3.05) is 5.88 Å².